The van der Waals surface area contributed by atoms with Crippen molar-refractivity contribution in [3.05, 3.63) is 0 Å². The topological polar surface area (TPSA) is 61.8 Å². The van der Waals surface area contributed by atoms with Crippen molar-refractivity contribution in [3.63, 3.8) is 0 Å². The zero-order valence-electron chi connectivity index (χ0n) is 9.65. The van der Waals surface area contributed by atoms with Crippen molar-refractivity contribution in [1.82, 2.24) is 4.90 Å². The lowest BCUT2D eigenvalue weighted by Crippen LogP contribution is -2.23. The SMILES string of the molecule is CCCC1CCN(CCCC(N)=NO)C1. The average Bonchev–Trinajstić information content (AvgIpc) is 2.66. The Morgan fingerprint density at radius 1 is 1.60 bits per heavy atom. The van der Waals surface area contributed by atoms with E-state index in [1.165, 1.54) is 32.4 Å². The van der Waals surface area contributed by atoms with Crippen LogP contribution in [-0.2, 0) is 0 Å². The molecule has 1 heterocycles. The van der Waals surface area contributed by atoms with Crippen LogP contribution in [0.5, 0.6) is 0 Å². The predicted molar refractivity (Wildman–Crippen MR) is 62.1 cm³/mol. The highest BCUT2D eigenvalue weighted by molar-refractivity contribution is 5.79. The van der Waals surface area contributed by atoms with E-state index in [0.717, 1.165) is 18.9 Å². The summed E-state index contributed by atoms with van der Waals surface area (Å²) in [4.78, 5) is 2.49. The molecule has 4 heteroatoms. The monoisotopic (exact) mass is 213 g/mol. The van der Waals surface area contributed by atoms with E-state index < -0.39 is 0 Å². The van der Waals surface area contributed by atoms with Gasteiger partial charge in [-0.25, -0.2) is 0 Å². The van der Waals surface area contributed by atoms with Crippen LogP contribution >= 0.6 is 0 Å². The Labute approximate surface area is 92.1 Å². The van der Waals surface area contributed by atoms with E-state index in [1.807, 2.05) is 0 Å². The second-order valence-corrected chi connectivity index (χ2v) is 4.44. The van der Waals surface area contributed by atoms with Crippen molar-refractivity contribution in [3.8, 4) is 0 Å². The standard InChI is InChI=1S/C11H23N3O/c1-2-4-10-6-8-14(9-10)7-3-5-11(12)13-15/h10,15H,2-9H2,1H3,(H2,12,13). The lowest BCUT2D eigenvalue weighted by Gasteiger charge is -2.15. The van der Waals surface area contributed by atoms with Crippen LogP contribution in [0, 0.1) is 5.92 Å². The summed E-state index contributed by atoms with van der Waals surface area (Å²) in [6, 6.07) is 0. The number of nitrogens with zero attached hydrogens (tertiary/aromatic N) is 2. The van der Waals surface area contributed by atoms with Crippen LogP contribution in [-0.4, -0.2) is 35.6 Å². The number of likely N-dealkylation sites (tertiary alicyclic amines) is 1. The smallest absolute Gasteiger partial charge is 0.139 e. The Kier molecular flexibility index (Phi) is 5.47. The quantitative estimate of drug-likeness (QED) is 0.305. The molecule has 0 aromatic heterocycles. The molecule has 0 saturated carbocycles. The van der Waals surface area contributed by atoms with Crippen LogP contribution in [0.3, 0.4) is 0 Å². The van der Waals surface area contributed by atoms with Gasteiger partial charge in [0.15, 0.2) is 0 Å². The van der Waals surface area contributed by atoms with E-state index in [0.29, 0.717) is 12.3 Å². The fraction of sp³-hybridized carbons (Fsp3) is 0.909. The summed E-state index contributed by atoms with van der Waals surface area (Å²) in [5.74, 6) is 1.25. The summed E-state index contributed by atoms with van der Waals surface area (Å²) in [5.41, 5.74) is 5.41. The Morgan fingerprint density at radius 2 is 2.40 bits per heavy atom. The molecule has 1 aliphatic heterocycles. The first-order valence-electron chi connectivity index (χ1n) is 5.95. The lowest BCUT2D eigenvalue weighted by atomic mass is 10.0. The largest absolute Gasteiger partial charge is 0.409 e. The number of nitrogens with two attached hydrogens (primary N) is 1. The van der Waals surface area contributed by atoms with E-state index in [4.69, 9.17) is 10.9 Å². The van der Waals surface area contributed by atoms with Gasteiger partial charge in [-0.1, -0.05) is 18.5 Å². The first-order chi connectivity index (χ1) is 7.26. The summed E-state index contributed by atoms with van der Waals surface area (Å²) >= 11 is 0. The number of oxime groups is 1. The van der Waals surface area contributed by atoms with Crippen LogP contribution in [0.25, 0.3) is 0 Å². The first kappa shape index (κ1) is 12.3. The fourth-order valence-electron chi connectivity index (χ4n) is 2.29. The van der Waals surface area contributed by atoms with E-state index in [9.17, 15) is 0 Å². The number of amidine groups is 1. The molecule has 0 aliphatic carbocycles. The molecule has 88 valence electrons. The highest BCUT2D eigenvalue weighted by Gasteiger charge is 2.20. The molecule has 0 aromatic carbocycles. The van der Waals surface area contributed by atoms with Gasteiger partial charge >= 0.3 is 0 Å². The van der Waals surface area contributed by atoms with E-state index in [1.54, 1.807) is 0 Å². The molecule has 0 bridgehead atoms. The molecule has 1 unspecified atom stereocenters. The summed E-state index contributed by atoms with van der Waals surface area (Å²) in [5, 5.41) is 11.4. The summed E-state index contributed by atoms with van der Waals surface area (Å²) in [7, 11) is 0. The lowest BCUT2D eigenvalue weighted by molar-refractivity contribution is 0.309. The molecular formula is C11H23N3O. The average molecular weight is 213 g/mol. The molecule has 0 amide bonds. The van der Waals surface area contributed by atoms with Crippen molar-refractivity contribution in [2.24, 2.45) is 16.8 Å². The number of hydrogen-bond acceptors (Lipinski definition) is 3. The van der Waals surface area contributed by atoms with Crippen molar-refractivity contribution in [2.45, 2.75) is 39.0 Å². The molecule has 0 aromatic rings. The van der Waals surface area contributed by atoms with Gasteiger partial charge in [-0.15, -0.1) is 0 Å². The fourth-order valence-corrected chi connectivity index (χ4v) is 2.29. The van der Waals surface area contributed by atoms with Gasteiger partial charge < -0.3 is 15.8 Å². The number of rotatable bonds is 6. The second kappa shape index (κ2) is 6.67. The van der Waals surface area contributed by atoms with Gasteiger partial charge in [0.25, 0.3) is 0 Å². The van der Waals surface area contributed by atoms with Crippen LogP contribution in [0.15, 0.2) is 5.16 Å². The Morgan fingerprint density at radius 3 is 3.07 bits per heavy atom. The zero-order valence-corrected chi connectivity index (χ0v) is 9.65. The van der Waals surface area contributed by atoms with Crippen molar-refractivity contribution in [2.75, 3.05) is 19.6 Å². The Hall–Kier alpha value is -0.770. The molecule has 1 saturated heterocycles. The minimum atomic E-state index is 0.347. The zero-order chi connectivity index (χ0) is 11.1. The predicted octanol–water partition coefficient (Wildman–Crippen LogP) is 1.63. The molecular weight excluding hydrogens is 190 g/mol. The van der Waals surface area contributed by atoms with Crippen LogP contribution < -0.4 is 5.73 Å². The van der Waals surface area contributed by atoms with Gasteiger partial charge in [0, 0.05) is 13.0 Å². The molecule has 15 heavy (non-hydrogen) atoms. The second-order valence-electron chi connectivity index (χ2n) is 4.44. The maximum absolute atomic E-state index is 8.39. The minimum absolute atomic E-state index is 0.347. The summed E-state index contributed by atoms with van der Waals surface area (Å²) in [6.07, 6.45) is 5.69. The van der Waals surface area contributed by atoms with Gasteiger partial charge in [-0.2, -0.15) is 0 Å². The van der Waals surface area contributed by atoms with Gasteiger partial charge in [0.1, 0.15) is 5.84 Å². The Bertz CT molecular complexity index is 206. The molecule has 0 radical (unpaired) electrons. The highest BCUT2D eigenvalue weighted by atomic mass is 16.4. The molecule has 3 N–H and O–H groups in total. The van der Waals surface area contributed by atoms with Crippen LogP contribution in [0.1, 0.15) is 39.0 Å². The van der Waals surface area contributed by atoms with Crippen molar-refractivity contribution >= 4 is 5.84 Å². The van der Waals surface area contributed by atoms with Gasteiger partial charge in [0.2, 0.25) is 0 Å². The first-order valence-corrected chi connectivity index (χ1v) is 5.95. The molecule has 1 aliphatic rings. The molecule has 1 fully saturated rings. The van der Waals surface area contributed by atoms with E-state index in [-0.39, 0.29) is 0 Å². The maximum atomic E-state index is 8.39. The molecule has 1 rings (SSSR count). The third-order valence-corrected chi connectivity index (χ3v) is 3.10. The third kappa shape index (κ3) is 4.51. The Balaban J connectivity index is 2.08. The molecule has 0 spiro atoms. The molecule has 4 nitrogen and oxygen atoms in total. The highest BCUT2D eigenvalue weighted by Crippen LogP contribution is 2.20. The van der Waals surface area contributed by atoms with Gasteiger partial charge in [-0.3, -0.25) is 0 Å². The van der Waals surface area contributed by atoms with E-state index >= 15 is 0 Å². The van der Waals surface area contributed by atoms with Crippen LogP contribution in [0.2, 0.25) is 0 Å². The maximum Gasteiger partial charge on any atom is 0.139 e. The summed E-state index contributed by atoms with van der Waals surface area (Å²) in [6.45, 7) is 5.79. The van der Waals surface area contributed by atoms with Gasteiger partial charge in [-0.05, 0) is 38.3 Å². The minimum Gasteiger partial charge on any atom is -0.409 e. The third-order valence-electron chi connectivity index (χ3n) is 3.10. The number of hydrogen-bond donors (Lipinski definition) is 2. The molecule has 1 atom stereocenters. The van der Waals surface area contributed by atoms with Crippen molar-refractivity contribution < 1.29 is 5.21 Å². The van der Waals surface area contributed by atoms with Crippen molar-refractivity contribution in [1.29, 1.82) is 0 Å². The van der Waals surface area contributed by atoms with Gasteiger partial charge in [0.05, 0.1) is 0 Å². The van der Waals surface area contributed by atoms with E-state index in [2.05, 4.69) is 17.0 Å². The normalized spacial score (nSPS) is 23.5. The van der Waals surface area contributed by atoms with Crippen LogP contribution in [0.4, 0.5) is 0 Å². The summed E-state index contributed by atoms with van der Waals surface area (Å²) < 4.78 is 0.